The largest absolute Gasteiger partial charge is 0.383 e. The van der Waals surface area contributed by atoms with Crippen molar-refractivity contribution in [2.75, 3.05) is 11.1 Å². The molecule has 176 valence electrons. The Kier molecular flexibility index (Phi) is 6.39. The third kappa shape index (κ3) is 4.84. The second-order valence-electron chi connectivity index (χ2n) is 8.89. The molecule has 1 fully saturated rings. The molecule has 7 heteroatoms. The van der Waals surface area contributed by atoms with Crippen molar-refractivity contribution in [3.8, 4) is 0 Å². The van der Waals surface area contributed by atoms with Crippen LogP contribution in [0.3, 0.4) is 0 Å². The van der Waals surface area contributed by atoms with Crippen molar-refractivity contribution < 1.29 is 4.79 Å². The van der Waals surface area contributed by atoms with Crippen molar-refractivity contribution in [1.82, 2.24) is 15.3 Å². The lowest BCUT2D eigenvalue weighted by atomic mass is 10.0. The van der Waals surface area contributed by atoms with Gasteiger partial charge in [0.25, 0.3) is 5.91 Å². The average molecular weight is 465 g/mol. The number of fused-ring (bicyclic) bond motifs is 1. The number of nitrogens with one attached hydrogen (secondary N) is 3. The molecule has 1 aliphatic carbocycles. The standard InChI is InChI=1S/C28H28N6O/c29-25(24-26(30)32-17-33-27(24)34-21-8-2-3-9-21)20-14-12-18(13-15-20)16-31-28(35)23-11-5-7-19-6-1-4-10-22(19)23/h1,4-7,10-15,17,21,29H,2-3,8-9,16H2,(H,31,35)(H3,30,32,33,34). The Bertz CT molecular complexity index is 1370. The van der Waals surface area contributed by atoms with Crippen LogP contribution >= 0.6 is 0 Å². The molecule has 35 heavy (non-hydrogen) atoms. The summed E-state index contributed by atoms with van der Waals surface area (Å²) >= 11 is 0. The lowest BCUT2D eigenvalue weighted by Crippen LogP contribution is -2.23. The van der Waals surface area contributed by atoms with E-state index in [1.165, 1.54) is 19.2 Å². The number of nitrogen functional groups attached to an aromatic ring is 1. The van der Waals surface area contributed by atoms with Gasteiger partial charge in [-0.2, -0.15) is 0 Å². The molecule has 4 aromatic rings. The lowest BCUT2D eigenvalue weighted by molar-refractivity contribution is 0.0952. The van der Waals surface area contributed by atoms with Gasteiger partial charge in [-0.05, 0) is 35.2 Å². The zero-order chi connectivity index (χ0) is 24.2. The van der Waals surface area contributed by atoms with Gasteiger partial charge in [0, 0.05) is 23.7 Å². The molecule has 0 saturated heterocycles. The first kappa shape index (κ1) is 22.5. The van der Waals surface area contributed by atoms with Gasteiger partial charge in [0.1, 0.15) is 18.0 Å². The normalized spacial score (nSPS) is 13.6. The summed E-state index contributed by atoms with van der Waals surface area (Å²) < 4.78 is 0. The topological polar surface area (TPSA) is 117 Å². The summed E-state index contributed by atoms with van der Waals surface area (Å²) in [6.07, 6.45) is 6.02. The van der Waals surface area contributed by atoms with Gasteiger partial charge in [0.05, 0.1) is 11.3 Å². The third-order valence-corrected chi connectivity index (χ3v) is 6.55. The van der Waals surface area contributed by atoms with Crippen molar-refractivity contribution in [3.05, 3.63) is 95.3 Å². The summed E-state index contributed by atoms with van der Waals surface area (Å²) in [7, 11) is 0. The summed E-state index contributed by atoms with van der Waals surface area (Å²) in [5, 5.41) is 17.2. The highest BCUT2D eigenvalue weighted by molar-refractivity contribution is 6.16. The number of anilines is 2. The predicted octanol–water partition coefficient (Wildman–Crippen LogP) is 4.91. The van der Waals surface area contributed by atoms with Crippen molar-refractivity contribution >= 4 is 34.0 Å². The maximum Gasteiger partial charge on any atom is 0.252 e. The van der Waals surface area contributed by atoms with Crippen LogP contribution in [0.25, 0.3) is 10.8 Å². The Morgan fingerprint density at radius 1 is 0.971 bits per heavy atom. The minimum atomic E-state index is -0.115. The number of amides is 1. The number of carbonyl (C=O) groups excluding carboxylic acids is 1. The number of carbonyl (C=O) groups is 1. The Morgan fingerprint density at radius 2 is 1.71 bits per heavy atom. The molecule has 1 amide bonds. The summed E-state index contributed by atoms with van der Waals surface area (Å²) in [5.74, 6) is 0.785. The van der Waals surface area contributed by atoms with Gasteiger partial charge in [0.15, 0.2) is 0 Å². The van der Waals surface area contributed by atoms with Gasteiger partial charge in [-0.25, -0.2) is 9.97 Å². The van der Waals surface area contributed by atoms with Gasteiger partial charge >= 0.3 is 0 Å². The Morgan fingerprint density at radius 3 is 2.51 bits per heavy atom. The van der Waals surface area contributed by atoms with Crippen molar-refractivity contribution in [2.24, 2.45) is 0 Å². The summed E-state index contributed by atoms with van der Waals surface area (Å²) in [6, 6.07) is 21.5. The SMILES string of the molecule is N=C(c1ccc(CNC(=O)c2cccc3ccccc23)cc1)c1c(N)ncnc1NC1CCCC1. The first-order valence-corrected chi connectivity index (χ1v) is 11.9. The highest BCUT2D eigenvalue weighted by atomic mass is 16.1. The number of rotatable bonds is 7. The van der Waals surface area contributed by atoms with E-state index in [1.807, 2.05) is 66.7 Å². The molecule has 0 radical (unpaired) electrons. The highest BCUT2D eigenvalue weighted by Crippen LogP contribution is 2.27. The summed E-state index contributed by atoms with van der Waals surface area (Å²) in [6.45, 7) is 0.390. The molecule has 0 bridgehead atoms. The predicted molar refractivity (Wildman–Crippen MR) is 140 cm³/mol. The zero-order valence-corrected chi connectivity index (χ0v) is 19.4. The second-order valence-corrected chi connectivity index (χ2v) is 8.89. The van der Waals surface area contributed by atoms with Crippen LogP contribution in [0.5, 0.6) is 0 Å². The first-order valence-electron chi connectivity index (χ1n) is 11.9. The van der Waals surface area contributed by atoms with E-state index < -0.39 is 0 Å². The van der Waals surface area contributed by atoms with E-state index in [0.29, 0.717) is 35.1 Å². The Hall–Kier alpha value is -4.26. The number of benzene rings is 3. The van der Waals surface area contributed by atoms with Crippen LogP contribution in [0.15, 0.2) is 73.1 Å². The fourth-order valence-electron chi connectivity index (χ4n) is 4.65. The van der Waals surface area contributed by atoms with Gasteiger partial charge in [-0.3, -0.25) is 10.2 Å². The maximum atomic E-state index is 12.8. The number of nitrogens with zero attached hydrogens (tertiary/aromatic N) is 2. The Balaban J connectivity index is 1.29. The monoisotopic (exact) mass is 464 g/mol. The fraction of sp³-hybridized carbons (Fsp3) is 0.214. The molecule has 1 aromatic heterocycles. The molecule has 3 aromatic carbocycles. The summed E-state index contributed by atoms with van der Waals surface area (Å²) in [4.78, 5) is 21.3. The van der Waals surface area contributed by atoms with Crippen molar-refractivity contribution in [1.29, 1.82) is 5.41 Å². The lowest BCUT2D eigenvalue weighted by Gasteiger charge is -2.17. The molecule has 0 atom stereocenters. The van der Waals surface area contributed by atoms with Gasteiger partial charge < -0.3 is 16.4 Å². The fourth-order valence-corrected chi connectivity index (χ4v) is 4.65. The number of hydrogen-bond donors (Lipinski definition) is 4. The molecule has 5 rings (SSSR count). The maximum absolute atomic E-state index is 12.8. The van der Waals surface area contributed by atoms with Crippen LogP contribution in [0.4, 0.5) is 11.6 Å². The van der Waals surface area contributed by atoms with Gasteiger partial charge in [-0.15, -0.1) is 0 Å². The van der Waals surface area contributed by atoms with E-state index in [1.54, 1.807) is 0 Å². The van der Waals surface area contributed by atoms with Crippen molar-refractivity contribution in [2.45, 2.75) is 38.3 Å². The number of hydrogen-bond acceptors (Lipinski definition) is 6. The third-order valence-electron chi connectivity index (χ3n) is 6.55. The van der Waals surface area contributed by atoms with Crippen LogP contribution < -0.4 is 16.4 Å². The van der Waals surface area contributed by atoms with Crippen LogP contribution in [-0.4, -0.2) is 27.6 Å². The molecular weight excluding hydrogens is 436 g/mol. The van der Waals surface area contributed by atoms with Crippen LogP contribution in [0.1, 0.15) is 52.7 Å². The Labute approximate surface area is 204 Å². The average Bonchev–Trinajstić information content (AvgIpc) is 3.40. The molecule has 7 nitrogen and oxygen atoms in total. The van der Waals surface area contributed by atoms with E-state index in [0.717, 1.165) is 29.2 Å². The number of aromatic nitrogens is 2. The van der Waals surface area contributed by atoms with E-state index in [-0.39, 0.29) is 17.4 Å². The molecule has 0 spiro atoms. The van der Waals surface area contributed by atoms with E-state index in [9.17, 15) is 4.79 Å². The van der Waals surface area contributed by atoms with Crippen molar-refractivity contribution in [3.63, 3.8) is 0 Å². The molecule has 5 N–H and O–H groups in total. The molecule has 1 saturated carbocycles. The zero-order valence-electron chi connectivity index (χ0n) is 19.4. The molecular formula is C28H28N6O. The van der Waals surface area contributed by atoms with Crippen LogP contribution in [-0.2, 0) is 6.54 Å². The smallest absolute Gasteiger partial charge is 0.252 e. The quantitative estimate of drug-likeness (QED) is 0.290. The minimum absolute atomic E-state index is 0.115. The molecule has 1 heterocycles. The van der Waals surface area contributed by atoms with Gasteiger partial charge in [-0.1, -0.05) is 73.5 Å². The minimum Gasteiger partial charge on any atom is -0.383 e. The van der Waals surface area contributed by atoms with Gasteiger partial charge in [0.2, 0.25) is 0 Å². The van der Waals surface area contributed by atoms with Crippen LogP contribution in [0, 0.1) is 5.41 Å². The molecule has 0 aliphatic heterocycles. The second kappa shape index (κ2) is 9.93. The summed E-state index contributed by atoms with van der Waals surface area (Å²) in [5.41, 5.74) is 9.27. The highest BCUT2D eigenvalue weighted by Gasteiger charge is 2.21. The molecule has 0 unspecified atom stereocenters. The molecule has 1 aliphatic rings. The number of nitrogens with two attached hydrogens (primary N) is 1. The van der Waals surface area contributed by atoms with E-state index in [4.69, 9.17) is 11.1 Å². The van der Waals surface area contributed by atoms with E-state index in [2.05, 4.69) is 20.6 Å². The first-order chi connectivity index (χ1) is 17.1. The van der Waals surface area contributed by atoms with Crippen LogP contribution in [0.2, 0.25) is 0 Å². The van der Waals surface area contributed by atoms with E-state index >= 15 is 0 Å².